The highest BCUT2D eigenvalue weighted by Gasteiger charge is 2.23. The monoisotopic (exact) mass is 504 g/mol. The zero-order chi connectivity index (χ0) is 23.4. The Hall–Kier alpha value is -3.30. The van der Waals surface area contributed by atoms with Crippen LogP contribution in [-0.4, -0.2) is 24.0 Å². The minimum absolute atomic E-state index is 0.00119. The van der Waals surface area contributed by atoms with Gasteiger partial charge in [0.15, 0.2) is 6.61 Å². The molecule has 0 unspecified atom stereocenters. The highest BCUT2D eigenvalue weighted by Crippen LogP contribution is 2.34. The van der Waals surface area contributed by atoms with Crippen LogP contribution in [0.3, 0.4) is 0 Å². The van der Waals surface area contributed by atoms with Gasteiger partial charge in [-0.2, -0.15) is 5.26 Å². The van der Waals surface area contributed by atoms with Crippen LogP contribution in [0.15, 0.2) is 63.5 Å². The maximum atomic E-state index is 13.6. The lowest BCUT2D eigenvalue weighted by Gasteiger charge is -2.23. The van der Waals surface area contributed by atoms with Crippen LogP contribution in [0.2, 0.25) is 0 Å². The molecule has 1 aromatic heterocycles. The van der Waals surface area contributed by atoms with Gasteiger partial charge in [-0.05, 0) is 63.8 Å². The minimum Gasteiger partial charge on any atom is -0.478 e. The Bertz CT molecular complexity index is 1350. The second kappa shape index (κ2) is 10.1. The number of carbonyl (C=O) groups is 1. The summed E-state index contributed by atoms with van der Waals surface area (Å²) in [5.41, 5.74) is 2.43. The number of nitrogens with zero attached hydrogens (tertiary/aromatic N) is 2. The zero-order valence-corrected chi connectivity index (χ0v) is 20.3. The van der Waals surface area contributed by atoms with E-state index in [1.165, 1.54) is 0 Å². The van der Waals surface area contributed by atoms with E-state index >= 15 is 0 Å². The molecule has 0 N–H and O–H groups in total. The second-order valence-corrected chi connectivity index (χ2v) is 8.78. The number of fused-ring (bicyclic) bond motifs is 2. The highest BCUT2D eigenvalue weighted by molar-refractivity contribution is 9.10. The number of ether oxygens (including phenoxy) is 1. The van der Waals surface area contributed by atoms with E-state index < -0.39 is 0 Å². The lowest BCUT2D eigenvalue weighted by atomic mass is 10.0. The first-order valence-electron chi connectivity index (χ1n) is 11.0. The summed E-state index contributed by atoms with van der Waals surface area (Å²) in [5.74, 6) is 1.28. The van der Waals surface area contributed by atoms with Crippen molar-refractivity contribution in [2.45, 2.75) is 33.2 Å². The Morgan fingerprint density at radius 2 is 1.97 bits per heavy atom. The number of para-hydroxylation sites is 1. The summed E-state index contributed by atoms with van der Waals surface area (Å²) in [6.45, 7) is 5.17. The number of unbranched alkanes of at least 4 members (excludes halogenated alkanes) is 1. The first kappa shape index (κ1) is 22.9. The summed E-state index contributed by atoms with van der Waals surface area (Å²) in [6, 6.07) is 19.7. The molecule has 0 spiro atoms. The van der Waals surface area contributed by atoms with E-state index in [1.807, 2.05) is 66.4 Å². The normalized spacial score (nSPS) is 11.0. The average molecular weight is 505 g/mol. The van der Waals surface area contributed by atoms with Crippen LogP contribution in [0, 0.1) is 18.3 Å². The van der Waals surface area contributed by atoms with E-state index in [2.05, 4.69) is 28.9 Å². The molecular formula is C27H25BrN2O3. The zero-order valence-electron chi connectivity index (χ0n) is 18.7. The van der Waals surface area contributed by atoms with Gasteiger partial charge in [0.25, 0.3) is 5.91 Å². The van der Waals surface area contributed by atoms with Crippen molar-refractivity contribution in [1.82, 2.24) is 4.90 Å². The molecule has 0 radical (unpaired) electrons. The molecule has 1 heterocycles. The Balaban J connectivity index is 1.65. The number of benzene rings is 3. The summed E-state index contributed by atoms with van der Waals surface area (Å²) in [5, 5.41) is 11.7. The van der Waals surface area contributed by atoms with Gasteiger partial charge in [0, 0.05) is 18.5 Å². The standard InChI is InChI=1S/C27H25BrN2O3/c1-3-4-14-30(27(31)25-18(2)33-23-8-6-5-7-22(23)25)17-19-9-11-21-20(16-19)10-12-24(26(21)28)32-15-13-29/h5-12,16H,3-4,14-15,17H2,1-2H3. The van der Waals surface area contributed by atoms with E-state index in [-0.39, 0.29) is 12.5 Å². The molecular weight excluding hydrogens is 480 g/mol. The van der Waals surface area contributed by atoms with Gasteiger partial charge >= 0.3 is 0 Å². The Labute approximate surface area is 201 Å². The third kappa shape index (κ3) is 4.74. The Morgan fingerprint density at radius 3 is 2.76 bits per heavy atom. The number of furan rings is 1. The predicted octanol–water partition coefficient (Wildman–Crippen LogP) is 7.00. The van der Waals surface area contributed by atoms with Crippen molar-refractivity contribution in [1.29, 1.82) is 5.26 Å². The van der Waals surface area contributed by atoms with Crippen molar-refractivity contribution in [3.63, 3.8) is 0 Å². The van der Waals surface area contributed by atoms with Gasteiger partial charge in [-0.1, -0.05) is 49.7 Å². The summed E-state index contributed by atoms with van der Waals surface area (Å²) < 4.78 is 12.2. The summed E-state index contributed by atoms with van der Waals surface area (Å²) in [6.07, 6.45) is 1.93. The number of aryl methyl sites for hydroxylation is 1. The molecule has 0 aliphatic rings. The minimum atomic E-state index is -0.00701. The predicted molar refractivity (Wildman–Crippen MR) is 133 cm³/mol. The molecule has 3 aromatic carbocycles. The molecule has 1 amide bonds. The molecule has 33 heavy (non-hydrogen) atoms. The number of rotatable bonds is 8. The van der Waals surface area contributed by atoms with Crippen molar-refractivity contribution in [2.24, 2.45) is 0 Å². The van der Waals surface area contributed by atoms with Crippen molar-refractivity contribution in [3.8, 4) is 11.8 Å². The van der Waals surface area contributed by atoms with E-state index in [1.54, 1.807) is 0 Å². The number of amides is 1. The molecule has 0 bridgehead atoms. The number of halogens is 1. The molecule has 0 aliphatic carbocycles. The van der Waals surface area contributed by atoms with Gasteiger partial charge in [-0.3, -0.25) is 4.79 Å². The fraction of sp³-hybridized carbons (Fsp3) is 0.259. The number of nitriles is 1. The maximum absolute atomic E-state index is 13.6. The van der Waals surface area contributed by atoms with Crippen LogP contribution in [0.5, 0.6) is 5.75 Å². The second-order valence-electron chi connectivity index (χ2n) is 7.99. The average Bonchev–Trinajstić information content (AvgIpc) is 3.16. The van der Waals surface area contributed by atoms with Crippen LogP contribution in [0.1, 0.15) is 41.4 Å². The molecule has 4 aromatic rings. The first-order chi connectivity index (χ1) is 16.0. The molecule has 4 rings (SSSR count). The SMILES string of the molecule is CCCCN(Cc1ccc2c(Br)c(OCC#N)ccc2c1)C(=O)c1c(C)oc2ccccc12. The Morgan fingerprint density at radius 1 is 1.15 bits per heavy atom. The fourth-order valence-corrected chi connectivity index (χ4v) is 4.66. The van der Waals surface area contributed by atoms with E-state index in [4.69, 9.17) is 14.4 Å². The van der Waals surface area contributed by atoms with E-state index in [0.717, 1.165) is 44.6 Å². The smallest absolute Gasteiger partial charge is 0.258 e. The molecule has 5 nitrogen and oxygen atoms in total. The molecule has 0 saturated heterocycles. The lowest BCUT2D eigenvalue weighted by Crippen LogP contribution is -2.31. The van der Waals surface area contributed by atoms with Gasteiger partial charge in [0.05, 0.1) is 10.0 Å². The molecule has 0 fully saturated rings. The van der Waals surface area contributed by atoms with Gasteiger partial charge in [0.2, 0.25) is 0 Å². The van der Waals surface area contributed by atoms with Crippen LogP contribution >= 0.6 is 15.9 Å². The first-order valence-corrected chi connectivity index (χ1v) is 11.8. The topological polar surface area (TPSA) is 66.5 Å². The largest absolute Gasteiger partial charge is 0.478 e. The van der Waals surface area contributed by atoms with Gasteiger partial charge in [-0.25, -0.2) is 0 Å². The van der Waals surface area contributed by atoms with Crippen molar-refractivity contribution < 1.29 is 13.9 Å². The van der Waals surface area contributed by atoms with Crippen molar-refractivity contribution >= 4 is 43.6 Å². The van der Waals surface area contributed by atoms with Gasteiger partial charge < -0.3 is 14.1 Å². The van der Waals surface area contributed by atoms with Crippen LogP contribution in [0.4, 0.5) is 0 Å². The van der Waals surface area contributed by atoms with E-state index in [0.29, 0.717) is 30.2 Å². The summed E-state index contributed by atoms with van der Waals surface area (Å²) >= 11 is 3.59. The number of hydrogen-bond acceptors (Lipinski definition) is 4. The fourth-order valence-electron chi connectivity index (χ4n) is 4.05. The molecule has 0 aliphatic heterocycles. The maximum Gasteiger partial charge on any atom is 0.258 e. The third-order valence-corrected chi connectivity index (χ3v) is 6.52. The highest BCUT2D eigenvalue weighted by atomic mass is 79.9. The third-order valence-electron chi connectivity index (χ3n) is 5.70. The lowest BCUT2D eigenvalue weighted by molar-refractivity contribution is 0.0741. The van der Waals surface area contributed by atoms with Crippen molar-refractivity contribution in [2.75, 3.05) is 13.2 Å². The van der Waals surface area contributed by atoms with Crippen LogP contribution < -0.4 is 4.74 Å². The van der Waals surface area contributed by atoms with Gasteiger partial charge in [0.1, 0.15) is 23.2 Å². The van der Waals surface area contributed by atoms with Crippen LogP contribution in [0.25, 0.3) is 21.7 Å². The molecule has 0 saturated carbocycles. The quantitative estimate of drug-likeness (QED) is 0.259. The molecule has 168 valence electrons. The summed E-state index contributed by atoms with van der Waals surface area (Å²) in [7, 11) is 0. The number of hydrogen-bond donors (Lipinski definition) is 0. The van der Waals surface area contributed by atoms with E-state index in [9.17, 15) is 4.79 Å². The van der Waals surface area contributed by atoms with Crippen molar-refractivity contribution in [3.05, 3.63) is 76.0 Å². The number of carbonyl (C=O) groups excluding carboxylic acids is 1. The summed E-state index contributed by atoms with van der Waals surface area (Å²) in [4.78, 5) is 15.5. The van der Waals surface area contributed by atoms with Crippen LogP contribution in [-0.2, 0) is 6.54 Å². The molecule has 6 heteroatoms. The Kier molecular flexibility index (Phi) is 7.00. The van der Waals surface area contributed by atoms with Gasteiger partial charge in [-0.15, -0.1) is 0 Å². The molecule has 0 atom stereocenters.